The van der Waals surface area contributed by atoms with Crippen molar-refractivity contribution in [3.8, 4) is 16.9 Å². The van der Waals surface area contributed by atoms with E-state index < -0.39 is 11.8 Å². The van der Waals surface area contributed by atoms with Crippen LogP contribution in [0.2, 0.25) is 0 Å². The van der Waals surface area contributed by atoms with Gasteiger partial charge in [-0.2, -0.15) is 0 Å². The number of carbonyl (C=O) groups is 1. The molecule has 4 nitrogen and oxygen atoms in total. The molecule has 0 aliphatic carbocycles. The summed E-state index contributed by atoms with van der Waals surface area (Å²) in [4.78, 5) is 14.6. The highest BCUT2D eigenvalue weighted by atomic mass is 19.1. The molecule has 5 heteroatoms. The number of halogens is 1. The number of carboxylic acid groups (broad SMARTS) is 1. The van der Waals surface area contributed by atoms with Gasteiger partial charge in [0.05, 0.1) is 12.7 Å². The minimum atomic E-state index is -1.10. The van der Waals surface area contributed by atoms with E-state index in [1.165, 1.54) is 43.8 Å². The predicted octanol–water partition coefficient (Wildman–Crippen LogP) is 2.59. The third-order valence-corrected chi connectivity index (χ3v) is 2.47. The molecular formula is C13H10FNO3. The summed E-state index contributed by atoms with van der Waals surface area (Å²) in [5, 5.41) is 8.87. The largest absolute Gasteiger partial charge is 0.497 e. The molecule has 0 fully saturated rings. The lowest BCUT2D eigenvalue weighted by Gasteiger charge is -2.06. The minimum absolute atomic E-state index is 0.00900. The quantitative estimate of drug-likeness (QED) is 0.905. The topological polar surface area (TPSA) is 59.4 Å². The molecule has 1 aromatic heterocycles. The average molecular weight is 247 g/mol. The fourth-order valence-corrected chi connectivity index (χ4v) is 1.56. The van der Waals surface area contributed by atoms with Crippen molar-refractivity contribution in [3.05, 3.63) is 48.0 Å². The van der Waals surface area contributed by atoms with Gasteiger partial charge >= 0.3 is 5.97 Å². The normalized spacial score (nSPS) is 10.1. The summed E-state index contributed by atoms with van der Waals surface area (Å²) in [5.74, 6) is -1.07. The molecule has 92 valence electrons. The van der Waals surface area contributed by atoms with Crippen LogP contribution in [0.25, 0.3) is 11.1 Å². The molecule has 0 saturated heterocycles. The molecule has 2 aromatic rings. The Morgan fingerprint density at radius 2 is 2.11 bits per heavy atom. The van der Waals surface area contributed by atoms with E-state index in [9.17, 15) is 9.18 Å². The first-order valence-corrected chi connectivity index (χ1v) is 5.14. The number of hydrogen-bond donors (Lipinski definition) is 1. The number of pyridine rings is 1. The summed E-state index contributed by atoms with van der Waals surface area (Å²) < 4.78 is 18.7. The highest BCUT2D eigenvalue weighted by Crippen LogP contribution is 2.27. The van der Waals surface area contributed by atoms with Crippen LogP contribution in [-0.4, -0.2) is 23.2 Å². The summed E-state index contributed by atoms with van der Waals surface area (Å²) >= 11 is 0. The van der Waals surface area contributed by atoms with Gasteiger partial charge in [-0.3, -0.25) is 4.98 Å². The molecule has 1 aromatic carbocycles. The predicted molar refractivity (Wildman–Crippen MR) is 63.1 cm³/mol. The molecule has 0 atom stereocenters. The molecule has 0 aliphatic heterocycles. The number of aromatic carboxylic acids is 1. The zero-order chi connectivity index (χ0) is 13.1. The molecule has 0 unspecified atom stereocenters. The lowest BCUT2D eigenvalue weighted by atomic mass is 10.1. The number of methoxy groups -OCH3 is 1. The highest BCUT2D eigenvalue weighted by Gasteiger charge is 2.10. The van der Waals surface area contributed by atoms with Gasteiger partial charge in [-0.15, -0.1) is 0 Å². The van der Waals surface area contributed by atoms with Crippen molar-refractivity contribution in [2.24, 2.45) is 0 Å². The van der Waals surface area contributed by atoms with Crippen molar-refractivity contribution in [1.29, 1.82) is 0 Å². The van der Waals surface area contributed by atoms with E-state index >= 15 is 0 Å². The summed E-state index contributed by atoms with van der Waals surface area (Å²) in [7, 11) is 1.48. The van der Waals surface area contributed by atoms with Crippen LogP contribution in [0.3, 0.4) is 0 Å². The number of ether oxygens (including phenoxy) is 1. The maximum absolute atomic E-state index is 13.7. The number of nitrogens with zero attached hydrogens (tertiary/aromatic N) is 1. The Kier molecular flexibility index (Phi) is 3.23. The van der Waals surface area contributed by atoms with Crippen LogP contribution in [0.4, 0.5) is 4.39 Å². The first kappa shape index (κ1) is 12.0. The first-order chi connectivity index (χ1) is 8.61. The van der Waals surface area contributed by atoms with Crippen molar-refractivity contribution in [2.45, 2.75) is 0 Å². The molecule has 0 spiro atoms. The van der Waals surface area contributed by atoms with Gasteiger partial charge in [0.25, 0.3) is 0 Å². The first-order valence-electron chi connectivity index (χ1n) is 5.14. The molecule has 18 heavy (non-hydrogen) atoms. The average Bonchev–Trinajstić information content (AvgIpc) is 2.39. The smallest absolute Gasteiger partial charge is 0.337 e. The molecule has 0 amide bonds. The number of benzene rings is 1. The Balaban J connectivity index is 2.54. The van der Waals surface area contributed by atoms with E-state index in [0.717, 1.165) is 0 Å². The second-order valence-electron chi connectivity index (χ2n) is 3.61. The van der Waals surface area contributed by atoms with E-state index in [1.54, 1.807) is 0 Å². The van der Waals surface area contributed by atoms with E-state index in [2.05, 4.69) is 4.98 Å². The van der Waals surface area contributed by atoms with Crippen LogP contribution in [0.5, 0.6) is 5.75 Å². The van der Waals surface area contributed by atoms with Gasteiger partial charge < -0.3 is 9.84 Å². The second-order valence-corrected chi connectivity index (χ2v) is 3.61. The van der Waals surface area contributed by atoms with Gasteiger partial charge in [-0.25, -0.2) is 9.18 Å². The van der Waals surface area contributed by atoms with Crippen LogP contribution in [0.15, 0.2) is 36.7 Å². The SMILES string of the molecule is COc1ccc(F)c(-c2cncc(C(=O)O)c2)c1. The van der Waals surface area contributed by atoms with E-state index in [0.29, 0.717) is 11.3 Å². The maximum Gasteiger partial charge on any atom is 0.337 e. The molecule has 2 rings (SSSR count). The Hall–Kier alpha value is -2.43. The molecule has 0 saturated carbocycles. The zero-order valence-corrected chi connectivity index (χ0v) is 9.55. The maximum atomic E-state index is 13.7. The highest BCUT2D eigenvalue weighted by molar-refractivity contribution is 5.88. The van der Waals surface area contributed by atoms with E-state index in [1.807, 2.05) is 0 Å². The van der Waals surface area contributed by atoms with Gasteiger partial charge in [0.1, 0.15) is 11.6 Å². The van der Waals surface area contributed by atoms with Crippen LogP contribution < -0.4 is 4.74 Å². The van der Waals surface area contributed by atoms with Gasteiger partial charge in [-0.1, -0.05) is 0 Å². The van der Waals surface area contributed by atoms with Crippen molar-refractivity contribution in [1.82, 2.24) is 4.98 Å². The van der Waals surface area contributed by atoms with Crippen molar-refractivity contribution in [2.75, 3.05) is 7.11 Å². The fraction of sp³-hybridized carbons (Fsp3) is 0.0769. The van der Waals surface area contributed by atoms with Gasteiger partial charge in [0.15, 0.2) is 0 Å². The van der Waals surface area contributed by atoms with Gasteiger partial charge in [-0.05, 0) is 24.3 Å². The van der Waals surface area contributed by atoms with Crippen LogP contribution in [0, 0.1) is 5.82 Å². The van der Waals surface area contributed by atoms with Gasteiger partial charge in [0, 0.05) is 23.5 Å². The summed E-state index contributed by atoms with van der Waals surface area (Å²) in [5.41, 5.74) is 0.658. The number of rotatable bonds is 3. The summed E-state index contributed by atoms with van der Waals surface area (Å²) in [6.07, 6.45) is 2.62. The molecule has 0 bridgehead atoms. The van der Waals surface area contributed by atoms with Crippen molar-refractivity contribution >= 4 is 5.97 Å². The molecule has 0 aliphatic rings. The van der Waals surface area contributed by atoms with Gasteiger partial charge in [0.2, 0.25) is 0 Å². The fourth-order valence-electron chi connectivity index (χ4n) is 1.56. The molecule has 1 N–H and O–H groups in total. The van der Waals surface area contributed by atoms with E-state index in [4.69, 9.17) is 9.84 Å². The Morgan fingerprint density at radius 1 is 1.33 bits per heavy atom. The second kappa shape index (κ2) is 4.83. The summed E-state index contributed by atoms with van der Waals surface area (Å²) in [6, 6.07) is 5.63. The summed E-state index contributed by atoms with van der Waals surface area (Å²) in [6.45, 7) is 0. The number of aromatic nitrogens is 1. The van der Waals surface area contributed by atoms with Crippen molar-refractivity contribution < 1.29 is 19.0 Å². The Bertz CT molecular complexity index is 599. The lowest BCUT2D eigenvalue weighted by Crippen LogP contribution is -1.98. The standard InChI is InChI=1S/C13H10FNO3/c1-18-10-2-3-12(14)11(5-10)8-4-9(13(16)17)7-15-6-8/h2-7H,1H3,(H,16,17). The molecule has 1 heterocycles. The molecular weight excluding hydrogens is 237 g/mol. The Morgan fingerprint density at radius 3 is 2.78 bits per heavy atom. The zero-order valence-electron chi connectivity index (χ0n) is 9.55. The van der Waals surface area contributed by atoms with Crippen LogP contribution >= 0.6 is 0 Å². The number of hydrogen-bond acceptors (Lipinski definition) is 3. The monoisotopic (exact) mass is 247 g/mol. The van der Waals surface area contributed by atoms with E-state index in [-0.39, 0.29) is 11.1 Å². The molecule has 0 radical (unpaired) electrons. The minimum Gasteiger partial charge on any atom is -0.497 e. The number of carboxylic acids is 1. The van der Waals surface area contributed by atoms with Crippen LogP contribution in [0.1, 0.15) is 10.4 Å². The Labute approximate surface area is 103 Å². The van der Waals surface area contributed by atoms with Crippen LogP contribution in [-0.2, 0) is 0 Å². The third-order valence-electron chi connectivity index (χ3n) is 2.47. The van der Waals surface area contributed by atoms with Crippen molar-refractivity contribution in [3.63, 3.8) is 0 Å². The third kappa shape index (κ3) is 2.29. The lowest BCUT2D eigenvalue weighted by molar-refractivity contribution is 0.0696.